The highest BCUT2D eigenvalue weighted by molar-refractivity contribution is 5.83. The molecule has 6 nitrogen and oxygen atoms in total. The normalized spacial score (nSPS) is 16.6. The first kappa shape index (κ1) is 14.3. The van der Waals surface area contributed by atoms with Gasteiger partial charge >= 0.3 is 6.03 Å². The van der Waals surface area contributed by atoms with Gasteiger partial charge < -0.3 is 15.5 Å². The molecule has 3 N–H and O–H groups in total. The number of hydrazone groups is 1. The standard InChI is InChI=1S/C13H18FN5O/c1-18-4-6-19(7-5-18)12-8-10(2-3-11(12)14)9-16-17-13(15)20/h2-3,8-9H,4-7H2,1H3,(H3,15,17,20). The summed E-state index contributed by atoms with van der Waals surface area (Å²) >= 11 is 0. The first-order chi connectivity index (χ1) is 9.56. The molecule has 1 heterocycles. The van der Waals surface area contributed by atoms with E-state index >= 15 is 0 Å². The third-order valence-corrected chi connectivity index (χ3v) is 3.20. The predicted molar refractivity (Wildman–Crippen MR) is 76.4 cm³/mol. The molecule has 20 heavy (non-hydrogen) atoms. The molecule has 1 aliphatic rings. The highest BCUT2D eigenvalue weighted by Crippen LogP contribution is 2.21. The molecule has 0 aromatic heterocycles. The third kappa shape index (κ3) is 3.67. The van der Waals surface area contributed by atoms with Crippen LogP contribution in [0.25, 0.3) is 0 Å². The minimum Gasteiger partial charge on any atom is -0.367 e. The fraction of sp³-hybridized carbons (Fsp3) is 0.385. The second kappa shape index (κ2) is 6.33. The zero-order valence-corrected chi connectivity index (χ0v) is 11.3. The van der Waals surface area contributed by atoms with Gasteiger partial charge in [0, 0.05) is 26.2 Å². The summed E-state index contributed by atoms with van der Waals surface area (Å²) in [4.78, 5) is 14.7. The molecule has 108 valence electrons. The third-order valence-electron chi connectivity index (χ3n) is 3.20. The number of amides is 2. The molecule has 1 aromatic carbocycles. The Kier molecular flexibility index (Phi) is 4.52. The van der Waals surface area contributed by atoms with Crippen molar-refractivity contribution in [2.24, 2.45) is 10.8 Å². The number of anilines is 1. The molecule has 2 rings (SSSR count). The number of piperazine rings is 1. The summed E-state index contributed by atoms with van der Waals surface area (Å²) in [5.41, 5.74) is 8.27. The first-order valence-electron chi connectivity index (χ1n) is 6.38. The number of primary amides is 1. The van der Waals surface area contributed by atoms with Crippen molar-refractivity contribution >= 4 is 17.9 Å². The molecule has 1 saturated heterocycles. The number of hydrogen-bond donors (Lipinski definition) is 2. The van der Waals surface area contributed by atoms with Gasteiger partial charge in [0.2, 0.25) is 0 Å². The number of hydrogen-bond acceptors (Lipinski definition) is 4. The maximum absolute atomic E-state index is 13.9. The average Bonchev–Trinajstić information content (AvgIpc) is 2.41. The summed E-state index contributed by atoms with van der Waals surface area (Å²) in [5, 5.41) is 3.67. The minimum atomic E-state index is -0.734. The molecule has 0 bridgehead atoms. The molecule has 1 aromatic rings. The Bertz CT molecular complexity index is 511. The summed E-state index contributed by atoms with van der Waals surface area (Å²) in [6, 6.07) is 3.98. The van der Waals surface area contributed by atoms with Crippen LogP contribution in [-0.2, 0) is 0 Å². The van der Waals surface area contributed by atoms with Crippen LogP contribution in [-0.4, -0.2) is 50.4 Å². The van der Waals surface area contributed by atoms with Crippen molar-refractivity contribution in [3.8, 4) is 0 Å². The predicted octanol–water partition coefficient (Wildman–Crippen LogP) is 0.580. The minimum absolute atomic E-state index is 0.255. The molecule has 0 spiro atoms. The Balaban J connectivity index is 2.12. The number of carbonyl (C=O) groups excluding carboxylic acids is 1. The molecule has 1 fully saturated rings. The van der Waals surface area contributed by atoms with E-state index in [4.69, 9.17) is 5.73 Å². The van der Waals surface area contributed by atoms with E-state index in [1.54, 1.807) is 12.1 Å². The van der Waals surface area contributed by atoms with Crippen molar-refractivity contribution in [3.63, 3.8) is 0 Å². The van der Waals surface area contributed by atoms with Crippen molar-refractivity contribution in [2.45, 2.75) is 0 Å². The van der Waals surface area contributed by atoms with Gasteiger partial charge in [-0.15, -0.1) is 0 Å². The van der Waals surface area contributed by atoms with Crippen LogP contribution in [0.1, 0.15) is 5.56 Å². The van der Waals surface area contributed by atoms with Crippen molar-refractivity contribution in [3.05, 3.63) is 29.6 Å². The van der Waals surface area contributed by atoms with E-state index < -0.39 is 6.03 Å². The van der Waals surface area contributed by atoms with Crippen LogP contribution in [0.4, 0.5) is 14.9 Å². The number of benzene rings is 1. The smallest absolute Gasteiger partial charge is 0.332 e. The fourth-order valence-corrected chi connectivity index (χ4v) is 2.07. The largest absolute Gasteiger partial charge is 0.367 e. The zero-order valence-electron chi connectivity index (χ0n) is 11.3. The fourth-order valence-electron chi connectivity index (χ4n) is 2.07. The van der Waals surface area contributed by atoms with Crippen molar-refractivity contribution in [1.82, 2.24) is 10.3 Å². The Labute approximate surface area is 117 Å². The van der Waals surface area contributed by atoms with Gasteiger partial charge in [0.1, 0.15) is 5.82 Å². The molecule has 7 heteroatoms. The van der Waals surface area contributed by atoms with E-state index in [1.807, 2.05) is 11.9 Å². The quantitative estimate of drug-likeness (QED) is 0.628. The lowest BCUT2D eigenvalue weighted by molar-refractivity contribution is 0.249. The molecular formula is C13H18FN5O. The lowest BCUT2D eigenvalue weighted by Gasteiger charge is -2.34. The number of nitrogens with one attached hydrogen (secondary N) is 1. The summed E-state index contributed by atoms with van der Waals surface area (Å²) in [5.74, 6) is -0.255. The van der Waals surface area contributed by atoms with Crippen LogP contribution in [0.2, 0.25) is 0 Å². The van der Waals surface area contributed by atoms with Crippen LogP contribution < -0.4 is 16.1 Å². The number of urea groups is 1. The van der Waals surface area contributed by atoms with Crippen LogP contribution in [0.15, 0.2) is 23.3 Å². The molecule has 0 aliphatic carbocycles. The van der Waals surface area contributed by atoms with Crippen LogP contribution in [0.3, 0.4) is 0 Å². The van der Waals surface area contributed by atoms with Gasteiger partial charge in [-0.25, -0.2) is 14.6 Å². The molecule has 0 atom stereocenters. The maximum Gasteiger partial charge on any atom is 0.332 e. The highest BCUT2D eigenvalue weighted by atomic mass is 19.1. The number of nitrogens with zero attached hydrogens (tertiary/aromatic N) is 3. The first-order valence-corrected chi connectivity index (χ1v) is 6.38. The summed E-state index contributed by atoms with van der Waals surface area (Å²) in [7, 11) is 2.05. The molecule has 2 amide bonds. The van der Waals surface area contributed by atoms with E-state index in [1.165, 1.54) is 12.3 Å². The summed E-state index contributed by atoms with van der Waals surface area (Å²) in [6.45, 7) is 3.38. The lowest BCUT2D eigenvalue weighted by Crippen LogP contribution is -2.44. The topological polar surface area (TPSA) is 74.0 Å². The Morgan fingerprint density at radius 3 is 2.75 bits per heavy atom. The Hall–Kier alpha value is -2.15. The van der Waals surface area contributed by atoms with Gasteiger partial charge in [0.15, 0.2) is 0 Å². The van der Waals surface area contributed by atoms with E-state index in [0.29, 0.717) is 11.3 Å². The number of halogens is 1. The lowest BCUT2D eigenvalue weighted by atomic mass is 10.1. The maximum atomic E-state index is 13.9. The van der Waals surface area contributed by atoms with E-state index in [0.717, 1.165) is 26.2 Å². The number of nitrogens with two attached hydrogens (primary N) is 1. The average molecular weight is 279 g/mol. The van der Waals surface area contributed by atoms with Crippen molar-refractivity contribution in [2.75, 3.05) is 38.1 Å². The van der Waals surface area contributed by atoms with Gasteiger partial charge in [-0.3, -0.25) is 0 Å². The summed E-state index contributed by atoms with van der Waals surface area (Å²) < 4.78 is 13.9. The number of likely N-dealkylation sites (N-methyl/N-ethyl adjacent to an activating group) is 1. The van der Waals surface area contributed by atoms with Gasteiger partial charge in [-0.1, -0.05) is 6.07 Å². The van der Waals surface area contributed by atoms with E-state index in [2.05, 4.69) is 15.4 Å². The van der Waals surface area contributed by atoms with Crippen LogP contribution in [0, 0.1) is 5.82 Å². The zero-order chi connectivity index (χ0) is 14.5. The monoisotopic (exact) mass is 279 g/mol. The Morgan fingerprint density at radius 1 is 1.40 bits per heavy atom. The van der Waals surface area contributed by atoms with Gasteiger partial charge in [-0.2, -0.15) is 5.10 Å². The molecule has 1 aliphatic heterocycles. The molecular weight excluding hydrogens is 261 g/mol. The van der Waals surface area contributed by atoms with Crippen LogP contribution >= 0.6 is 0 Å². The summed E-state index contributed by atoms with van der Waals surface area (Å²) in [6.07, 6.45) is 1.43. The van der Waals surface area contributed by atoms with Crippen molar-refractivity contribution < 1.29 is 9.18 Å². The molecule has 0 radical (unpaired) electrons. The molecule has 0 unspecified atom stereocenters. The van der Waals surface area contributed by atoms with Gasteiger partial charge in [0.25, 0.3) is 0 Å². The number of carbonyl (C=O) groups is 1. The second-order valence-corrected chi connectivity index (χ2v) is 4.74. The van der Waals surface area contributed by atoms with Gasteiger partial charge in [-0.05, 0) is 24.7 Å². The SMILES string of the molecule is CN1CCN(c2cc(C=NNC(N)=O)ccc2F)CC1. The van der Waals surface area contributed by atoms with Gasteiger partial charge in [0.05, 0.1) is 11.9 Å². The molecule has 0 saturated carbocycles. The van der Waals surface area contributed by atoms with E-state index in [9.17, 15) is 9.18 Å². The van der Waals surface area contributed by atoms with Crippen LogP contribution in [0.5, 0.6) is 0 Å². The van der Waals surface area contributed by atoms with E-state index in [-0.39, 0.29) is 5.82 Å². The Morgan fingerprint density at radius 2 is 2.10 bits per heavy atom. The van der Waals surface area contributed by atoms with Crippen molar-refractivity contribution in [1.29, 1.82) is 0 Å². The highest BCUT2D eigenvalue weighted by Gasteiger charge is 2.17. The second-order valence-electron chi connectivity index (χ2n) is 4.74. The number of rotatable bonds is 3.